The highest BCUT2D eigenvalue weighted by molar-refractivity contribution is 5.81. The zero-order valence-corrected chi connectivity index (χ0v) is 11.1. The lowest BCUT2D eigenvalue weighted by Crippen LogP contribution is -2.38. The van der Waals surface area contributed by atoms with Crippen LogP contribution in [0.15, 0.2) is 18.6 Å². The van der Waals surface area contributed by atoms with Gasteiger partial charge in [-0.1, -0.05) is 20.8 Å². The lowest BCUT2D eigenvalue weighted by atomic mass is 9.95. The van der Waals surface area contributed by atoms with Gasteiger partial charge in [-0.15, -0.1) is 0 Å². The second-order valence-corrected chi connectivity index (χ2v) is 5.58. The average molecular weight is 249 g/mol. The van der Waals surface area contributed by atoms with Crippen molar-refractivity contribution < 1.29 is 9.53 Å². The Hall–Kier alpha value is -1.65. The van der Waals surface area contributed by atoms with E-state index in [0.29, 0.717) is 12.4 Å². The van der Waals surface area contributed by atoms with Gasteiger partial charge < -0.3 is 9.64 Å². The molecule has 0 bridgehead atoms. The Bertz CT molecular complexity index is 414. The van der Waals surface area contributed by atoms with E-state index in [1.165, 1.54) is 6.33 Å². The van der Waals surface area contributed by atoms with Gasteiger partial charge in [0, 0.05) is 30.6 Å². The molecule has 1 fully saturated rings. The summed E-state index contributed by atoms with van der Waals surface area (Å²) in [6.07, 6.45) is 4.00. The molecule has 0 aromatic carbocycles. The quantitative estimate of drug-likeness (QED) is 0.797. The van der Waals surface area contributed by atoms with Crippen LogP contribution in [0.5, 0.6) is 5.88 Å². The molecule has 18 heavy (non-hydrogen) atoms. The maximum absolute atomic E-state index is 12.1. The fourth-order valence-corrected chi connectivity index (χ4v) is 2.00. The van der Waals surface area contributed by atoms with Gasteiger partial charge in [-0.05, 0) is 0 Å². The predicted molar refractivity (Wildman–Crippen MR) is 67.1 cm³/mol. The molecule has 0 spiro atoms. The summed E-state index contributed by atoms with van der Waals surface area (Å²) in [5, 5.41) is 0. The van der Waals surface area contributed by atoms with Crippen LogP contribution >= 0.6 is 0 Å². The summed E-state index contributed by atoms with van der Waals surface area (Å²) >= 11 is 0. The minimum absolute atomic E-state index is 0.0335. The molecule has 1 atom stereocenters. The third kappa shape index (κ3) is 2.97. The van der Waals surface area contributed by atoms with Crippen LogP contribution in [0.3, 0.4) is 0 Å². The molecule has 0 radical (unpaired) electrons. The van der Waals surface area contributed by atoms with E-state index in [1.54, 1.807) is 12.3 Å². The number of ether oxygens (including phenoxy) is 1. The largest absolute Gasteiger partial charge is 0.472 e. The van der Waals surface area contributed by atoms with Gasteiger partial charge in [-0.25, -0.2) is 9.97 Å². The van der Waals surface area contributed by atoms with E-state index in [9.17, 15) is 4.79 Å². The molecule has 5 nitrogen and oxygen atoms in total. The van der Waals surface area contributed by atoms with Gasteiger partial charge in [0.2, 0.25) is 11.8 Å². The van der Waals surface area contributed by atoms with Gasteiger partial charge in [0.25, 0.3) is 0 Å². The summed E-state index contributed by atoms with van der Waals surface area (Å²) in [6, 6.07) is 1.73. The highest BCUT2D eigenvalue weighted by Gasteiger charge is 2.33. The Balaban J connectivity index is 1.91. The Labute approximate surface area is 107 Å². The fourth-order valence-electron chi connectivity index (χ4n) is 2.00. The van der Waals surface area contributed by atoms with Crippen LogP contribution in [0, 0.1) is 5.41 Å². The standard InChI is InChI=1S/C13H19N3O2/c1-13(2,3)12(17)16-7-5-10(8-16)18-11-4-6-14-9-15-11/h4,6,9-10H,5,7-8H2,1-3H3/t10-/m1/s1. The fraction of sp³-hybridized carbons (Fsp3) is 0.615. The Morgan fingerprint density at radius 3 is 2.89 bits per heavy atom. The zero-order valence-electron chi connectivity index (χ0n) is 11.1. The first kappa shape index (κ1) is 12.8. The summed E-state index contributed by atoms with van der Waals surface area (Å²) in [4.78, 5) is 21.8. The molecule has 1 aromatic rings. The molecule has 0 aliphatic carbocycles. The van der Waals surface area contributed by atoms with Crippen molar-refractivity contribution in [1.29, 1.82) is 0 Å². The second kappa shape index (κ2) is 4.92. The molecule has 2 heterocycles. The van der Waals surface area contributed by atoms with Crippen LogP contribution in [-0.2, 0) is 4.79 Å². The molecule has 1 saturated heterocycles. The highest BCUT2D eigenvalue weighted by atomic mass is 16.5. The molecule has 5 heteroatoms. The van der Waals surface area contributed by atoms with Crippen LogP contribution in [0.1, 0.15) is 27.2 Å². The first-order chi connectivity index (χ1) is 8.47. The first-order valence-electron chi connectivity index (χ1n) is 6.19. The van der Waals surface area contributed by atoms with Crippen molar-refractivity contribution in [2.45, 2.75) is 33.3 Å². The van der Waals surface area contributed by atoms with Crippen LogP contribution in [0.25, 0.3) is 0 Å². The van der Waals surface area contributed by atoms with Gasteiger partial charge in [-0.2, -0.15) is 0 Å². The summed E-state index contributed by atoms with van der Waals surface area (Å²) in [5.74, 6) is 0.747. The number of aromatic nitrogens is 2. The molecular weight excluding hydrogens is 230 g/mol. The van der Waals surface area contributed by atoms with Crippen LogP contribution in [0.2, 0.25) is 0 Å². The number of rotatable bonds is 2. The third-order valence-corrected chi connectivity index (χ3v) is 2.92. The molecule has 2 rings (SSSR count). The summed E-state index contributed by atoms with van der Waals surface area (Å²) in [5.41, 5.74) is -0.330. The summed E-state index contributed by atoms with van der Waals surface area (Å²) < 4.78 is 5.72. The lowest BCUT2D eigenvalue weighted by molar-refractivity contribution is -0.138. The van der Waals surface area contributed by atoms with E-state index in [-0.39, 0.29) is 17.4 Å². The van der Waals surface area contributed by atoms with E-state index < -0.39 is 0 Å². The van der Waals surface area contributed by atoms with Gasteiger partial charge in [0.1, 0.15) is 12.4 Å². The van der Waals surface area contributed by atoms with Crippen molar-refractivity contribution in [1.82, 2.24) is 14.9 Å². The third-order valence-electron chi connectivity index (χ3n) is 2.92. The Kier molecular flexibility index (Phi) is 3.50. The van der Waals surface area contributed by atoms with Crippen molar-refractivity contribution in [3.8, 4) is 5.88 Å². The molecule has 0 saturated carbocycles. The molecule has 0 unspecified atom stereocenters. The second-order valence-electron chi connectivity index (χ2n) is 5.58. The minimum atomic E-state index is -0.330. The molecule has 0 N–H and O–H groups in total. The van der Waals surface area contributed by atoms with Gasteiger partial charge in [0.15, 0.2) is 0 Å². The van der Waals surface area contributed by atoms with E-state index in [2.05, 4.69) is 9.97 Å². The minimum Gasteiger partial charge on any atom is -0.472 e. The van der Waals surface area contributed by atoms with Crippen LogP contribution in [0.4, 0.5) is 0 Å². The van der Waals surface area contributed by atoms with Crippen molar-refractivity contribution >= 4 is 5.91 Å². The lowest BCUT2D eigenvalue weighted by Gasteiger charge is -2.25. The van der Waals surface area contributed by atoms with Crippen molar-refractivity contribution in [2.75, 3.05) is 13.1 Å². The number of nitrogens with zero attached hydrogens (tertiary/aromatic N) is 3. The number of hydrogen-bond acceptors (Lipinski definition) is 4. The number of likely N-dealkylation sites (tertiary alicyclic amines) is 1. The molecule has 1 aromatic heterocycles. The van der Waals surface area contributed by atoms with E-state index in [0.717, 1.165) is 13.0 Å². The van der Waals surface area contributed by atoms with Gasteiger partial charge >= 0.3 is 0 Å². The number of carbonyl (C=O) groups is 1. The first-order valence-corrected chi connectivity index (χ1v) is 6.19. The molecule has 98 valence electrons. The monoisotopic (exact) mass is 249 g/mol. The number of hydrogen-bond donors (Lipinski definition) is 0. The molecule has 1 amide bonds. The van der Waals surface area contributed by atoms with Crippen molar-refractivity contribution in [2.24, 2.45) is 5.41 Å². The van der Waals surface area contributed by atoms with E-state index in [1.807, 2.05) is 25.7 Å². The average Bonchev–Trinajstić information content (AvgIpc) is 2.76. The number of amides is 1. The maximum atomic E-state index is 12.1. The molecular formula is C13H19N3O2. The normalized spacial score (nSPS) is 19.9. The topological polar surface area (TPSA) is 55.3 Å². The van der Waals surface area contributed by atoms with Crippen LogP contribution in [-0.4, -0.2) is 40.0 Å². The smallest absolute Gasteiger partial charge is 0.228 e. The molecule has 1 aliphatic heterocycles. The van der Waals surface area contributed by atoms with Crippen molar-refractivity contribution in [3.63, 3.8) is 0 Å². The number of carbonyl (C=O) groups excluding carboxylic acids is 1. The Morgan fingerprint density at radius 1 is 1.50 bits per heavy atom. The van der Waals surface area contributed by atoms with Crippen LogP contribution < -0.4 is 4.74 Å². The Morgan fingerprint density at radius 2 is 2.28 bits per heavy atom. The zero-order chi connectivity index (χ0) is 13.2. The van der Waals surface area contributed by atoms with Gasteiger partial charge in [0.05, 0.1) is 6.54 Å². The summed E-state index contributed by atoms with van der Waals surface area (Å²) in [6.45, 7) is 7.21. The van der Waals surface area contributed by atoms with Gasteiger partial charge in [-0.3, -0.25) is 4.79 Å². The maximum Gasteiger partial charge on any atom is 0.228 e. The summed E-state index contributed by atoms with van der Waals surface area (Å²) in [7, 11) is 0. The molecule has 1 aliphatic rings. The van der Waals surface area contributed by atoms with E-state index >= 15 is 0 Å². The van der Waals surface area contributed by atoms with Crippen molar-refractivity contribution in [3.05, 3.63) is 18.6 Å². The van der Waals surface area contributed by atoms with E-state index in [4.69, 9.17) is 4.74 Å². The highest BCUT2D eigenvalue weighted by Crippen LogP contribution is 2.22. The predicted octanol–water partition coefficient (Wildman–Crippen LogP) is 1.50. The SMILES string of the molecule is CC(C)(C)C(=O)N1CC[C@@H](Oc2ccncn2)C1.